The van der Waals surface area contributed by atoms with Gasteiger partial charge in [0.15, 0.2) is 5.82 Å². The number of carbonyl (C=O) groups excluding carboxylic acids is 1. The van der Waals surface area contributed by atoms with Crippen molar-refractivity contribution in [1.29, 1.82) is 0 Å². The summed E-state index contributed by atoms with van der Waals surface area (Å²) < 4.78 is 5.25. The first-order chi connectivity index (χ1) is 14.2. The largest absolute Gasteiger partial charge is 0.497 e. The van der Waals surface area contributed by atoms with Crippen molar-refractivity contribution in [2.75, 3.05) is 26.7 Å². The van der Waals surface area contributed by atoms with Crippen molar-refractivity contribution in [3.63, 3.8) is 0 Å². The Morgan fingerprint density at radius 1 is 1.17 bits per heavy atom. The number of aromatic nitrogens is 2. The predicted octanol–water partition coefficient (Wildman–Crippen LogP) is 2.50. The topological polar surface area (TPSA) is 87.3 Å². The molecule has 1 aliphatic heterocycles. The van der Waals surface area contributed by atoms with E-state index in [9.17, 15) is 9.59 Å². The van der Waals surface area contributed by atoms with Crippen molar-refractivity contribution in [1.82, 2.24) is 20.2 Å². The molecule has 7 heteroatoms. The van der Waals surface area contributed by atoms with Crippen molar-refractivity contribution in [2.24, 2.45) is 0 Å². The fourth-order valence-corrected chi connectivity index (χ4v) is 3.80. The summed E-state index contributed by atoms with van der Waals surface area (Å²) in [4.78, 5) is 34.2. The first-order valence-electron chi connectivity index (χ1n) is 9.81. The summed E-state index contributed by atoms with van der Waals surface area (Å²) >= 11 is 0. The number of rotatable bonds is 6. The number of aromatic amines is 1. The lowest BCUT2D eigenvalue weighted by Crippen LogP contribution is -2.37. The van der Waals surface area contributed by atoms with E-state index in [0.717, 1.165) is 37.2 Å². The normalized spacial score (nSPS) is 15.3. The van der Waals surface area contributed by atoms with Crippen LogP contribution < -0.4 is 15.6 Å². The van der Waals surface area contributed by atoms with Crippen molar-refractivity contribution < 1.29 is 9.53 Å². The lowest BCUT2D eigenvalue weighted by molar-refractivity contribution is 0.0927. The molecule has 1 unspecified atom stereocenters. The quantitative estimate of drug-likeness (QED) is 0.673. The number of para-hydroxylation sites is 1. The maximum atomic E-state index is 12.7. The monoisotopic (exact) mass is 392 g/mol. The Labute approximate surface area is 168 Å². The third-order valence-electron chi connectivity index (χ3n) is 5.37. The summed E-state index contributed by atoms with van der Waals surface area (Å²) in [7, 11) is 1.64. The van der Waals surface area contributed by atoms with Crippen LogP contribution in [0, 0.1) is 0 Å². The van der Waals surface area contributed by atoms with E-state index in [-0.39, 0.29) is 23.3 Å². The molecule has 150 valence electrons. The number of amides is 1. The van der Waals surface area contributed by atoms with E-state index in [1.54, 1.807) is 31.4 Å². The number of nitrogens with zero attached hydrogens (tertiary/aromatic N) is 2. The van der Waals surface area contributed by atoms with Gasteiger partial charge in [0.05, 0.1) is 24.1 Å². The highest BCUT2D eigenvalue weighted by molar-refractivity contribution is 5.92. The molecule has 7 nitrogen and oxygen atoms in total. The minimum Gasteiger partial charge on any atom is -0.497 e. The molecule has 0 saturated carbocycles. The van der Waals surface area contributed by atoms with E-state index in [1.807, 2.05) is 24.3 Å². The minimum atomic E-state index is -0.384. The van der Waals surface area contributed by atoms with Crippen LogP contribution in [0.15, 0.2) is 53.3 Å². The molecule has 0 spiro atoms. The first kappa shape index (κ1) is 19.1. The second kappa shape index (κ2) is 8.45. The number of H-pyrrole nitrogens is 1. The Hall–Kier alpha value is -3.19. The molecule has 0 bridgehead atoms. The van der Waals surface area contributed by atoms with Crippen LogP contribution in [-0.4, -0.2) is 47.5 Å². The van der Waals surface area contributed by atoms with Crippen molar-refractivity contribution >= 4 is 16.8 Å². The third-order valence-corrected chi connectivity index (χ3v) is 5.37. The molecule has 3 aromatic rings. The zero-order valence-corrected chi connectivity index (χ0v) is 16.4. The second-order valence-corrected chi connectivity index (χ2v) is 7.17. The van der Waals surface area contributed by atoms with E-state index in [1.165, 1.54) is 0 Å². The van der Waals surface area contributed by atoms with Crippen molar-refractivity contribution in [2.45, 2.75) is 18.9 Å². The van der Waals surface area contributed by atoms with Gasteiger partial charge in [-0.25, -0.2) is 4.98 Å². The fraction of sp³-hybridized carbons (Fsp3) is 0.318. The summed E-state index contributed by atoms with van der Waals surface area (Å²) in [6.07, 6.45) is 2.31. The van der Waals surface area contributed by atoms with E-state index >= 15 is 0 Å². The van der Waals surface area contributed by atoms with Gasteiger partial charge in [0.1, 0.15) is 5.75 Å². The lowest BCUT2D eigenvalue weighted by atomic mass is 10.1. The molecule has 2 heterocycles. The Kier molecular flexibility index (Phi) is 5.57. The van der Waals surface area contributed by atoms with Gasteiger partial charge in [-0.15, -0.1) is 0 Å². The number of hydrogen-bond acceptors (Lipinski definition) is 5. The van der Waals surface area contributed by atoms with E-state index in [0.29, 0.717) is 17.4 Å². The van der Waals surface area contributed by atoms with Crippen molar-refractivity contribution in [3.05, 3.63) is 70.3 Å². The zero-order chi connectivity index (χ0) is 20.2. The van der Waals surface area contributed by atoms with Crippen LogP contribution in [0.4, 0.5) is 0 Å². The van der Waals surface area contributed by atoms with Gasteiger partial charge in [-0.2, -0.15) is 0 Å². The molecule has 1 aromatic heterocycles. The number of methoxy groups -OCH3 is 1. The first-order valence-corrected chi connectivity index (χ1v) is 9.81. The molecule has 29 heavy (non-hydrogen) atoms. The fourth-order valence-electron chi connectivity index (χ4n) is 3.80. The number of hydrogen-bond donors (Lipinski definition) is 2. The minimum absolute atomic E-state index is 0.0311. The van der Waals surface area contributed by atoms with Crippen LogP contribution >= 0.6 is 0 Å². The molecule has 1 fully saturated rings. The van der Waals surface area contributed by atoms with Gasteiger partial charge >= 0.3 is 0 Å². The highest BCUT2D eigenvalue weighted by Gasteiger charge is 2.24. The Balaban J connectivity index is 1.53. The summed E-state index contributed by atoms with van der Waals surface area (Å²) in [5, 5.41) is 3.42. The molecular formula is C22H24N4O3. The average molecular weight is 392 g/mol. The standard InChI is InChI=1S/C22H24N4O3/c1-29-16-10-8-15(9-11-16)19(26-12-4-5-13-26)14-23-22(28)20-24-18-7-3-2-6-17(18)21(27)25-20/h2-3,6-11,19H,4-5,12-14H2,1H3,(H,23,28)(H,24,25,27). The molecule has 0 aliphatic carbocycles. The zero-order valence-electron chi connectivity index (χ0n) is 16.4. The molecule has 1 atom stereocenters. The maximum absolute atomic E-state index is 12.7. The van der Waals surface area contributed by atoms with E-state index < -0.39 is 0 Å². The van der Waals surface area contributed by atoms with Crippen LogP contribution in [0.25, 0.3) is 10.9 Å². The number of benzene rings is 2. The third kappa shape index (κ3) is 4.14. The summed E-state index contributed by atoms with van der Waals surface area (Å²) in [5.74, 6) is 0.449. The summed E-state index contributed by atoms with van der Waals surface area (Å²) in [6, 6.07) is 15.0. The molecule has 1 saturated heterocycles. The molecule has 1 aliphatic rings. The molecule has 1 amide bonds. The van der Waals surface area contributed by atoms with Gasteiger partial charge in [-0.05, 0) is 55.8 Å². The molecule has 4 rings (SSSR count). The number of carbonyl (C=O) groups is 1. The average Bonchev–Trinajstić information content (AvgIpc) is 3.29. The SMILES string of the molecule is COc1ccc(C(CNC(=O)c2nc3ccccc3c(=O)[nH]2)N2CCCC2)cc1. The van der Waals surface area contributed by atoms with Crippen LogP contribution in [0.3, 0.4) is 0 Å². The summed E-state index contributed by atoms with van der Waals surface area (Å²) in [6.45, 7) is 2.43. The van der Waals surface area contributed by atoms with Gasteiger partial charge in [-0.3, -0.25) is 14.5 Å². The number of fused-ring (bicyclic) bond motifs is 1. The Morgan fingerprint density at radius 3 is 2.62 bits per heavy atom. The van der Waals surface area contributed by atoms with Crippen LogP contribution in [-0.2, 0) is 0 Å². The molecule has 0 radical (unpaired) electrons. The molecule has 2 aromatic carbocycles. The summed E-state index contributed by atoms with van der Waals surface area (Å²) in [5.41, 5.74) is 1.31. The Morgan fingerprint density at radius 2 is 1.90 bits per heavy atom. The highest BCUT2D eigenvalue weighted by atomic mass is 16.5. The van der Waals surface area contributed by atoms with Crippen molar-refractivity contribution in [3.8, 4) is 5.75 Å². The smallest absolute Gasteiger partial charge is 0.287 e. The van der Waals surface area contributed by atoms with E-state index in [2.05, 4.69) is 20.2 Å². The van der Waals surface area contributed by atoms with Gasteiger partial charge in [-0.1, -0.05) is 24.3 Å². The van der Waals surface area contributed by atoms with Crippen LogP contribution in [0.1, 0.15) is 35.1 Å². The van der Waals surface area contributed by atoms with Gasteiger partial charge in [0, 0.05) is 6.54 Å². The number of nitrogens with one attached hydrogen (secondary N) is 2. The van der Waals surface area contributed by atoms with Crippen LogP contribution in [0.2, 0.25) is 0 Å². The Bertz CT molecular complexity index is 1060. The highest BCUT2D eigenvalue weighted by Crippen LogP contribution is 2.26. The number of likely N-dealkylation sites (tertiary alicyclic amines) is 1. The second-order valence-electron chi connectivity index (χ2n) is 7.17. The molecule has 2 N–H and O–H groups in total. The maximum Gasteiger partial charge on any atom is 0.287 e. The van der Waals surface area contributed by atoms with Gasteiger partial charge < -0.3 is 15.0 Å². The molecular weight excluding hydrogens is 368 g/mol. The number of ether oxygens (including phenoxy) is 1. The predicted molar refractivity (Wildman–Crippen MR) is 111 cm³/mol. The van der Waals surface area contributed by atoms with Crippen LogP contribution in [0.5, 0.6) is 5.75 Å². The lowest BCUT2D eigenvalue weighted by Gasteiger charge is -2.28. The van der Waals surface area contributed by atoms with Gasteiger partial charge in [0.25, 0.3) is 11.5 Å². The van der Waals surface area contributed by atoms with Gasteiger partial charge in [0.2, 0.25) is 0 Å². The van der Waals surface area contributed by atoms with E-state index in [4.69, 9.17) is 4.74 Å².